The average Bonchev–Trinajstić information content (AvgIpc) is 2.41. The first-order chi connectivity index (χ1) is 8.74. The summed E-state index contributed by atoms with van der Waals surface area (Å²) < 4.78 is 5.80. The highest BCUT2D eigenvalue weighted by atomic mass is 16.5. The molecular formula is C15H29NO2. The zero-order valence-corrected chi connectivity index (χ0v) is 11.9. The van der Waals surface area contributed by atoms with Crippen LogP contribution in [0.5, 0.6) is 0 Å². The van der Waals surface area contributed by atoms with E-state index in [-0.39, 0.29) is 5.41 Å². The molecule has 3 heteroatoms. The summed E-state index contributed by atoms with van der Waals surface area (Å²) in [6.45, 7) is 3.34. The van der Waals surface area contributed by atoms with Crippen molar-refractivity contribution < 1.29 is 9.84 Å². The number of aliphatic hydroxyl groups excluding tert-OH is 1. The van der Waals surface area contributed by atoms with E-state index in [1.165, 1.54) is 51.4 Å². The largest absolute Gasteiger partial charge is 0.396 e. The van der Waals surface area contributed by atoms with Gasteiger partial charge in [-0.15, -0.1) is 0 Å². The van der Waals surface area contributed by atoms with Crippen LogP contribution >= 0.6 is 0 Å². The van der Waals surface area contributed by atoms with Crippen LogP contribution in [0.2, 0.25) is 0 Å². The Kier molecular flexibility index (Phi) is 5.46. The van der Waals surface area contributed by atoms with Crippen molar-refractivity contribution in [3.63, 3.8) is 0 Å². The summed E-state index contributed by atoms with van der Waals surface area (Å²) in [5.41, 5.74) is 0.168. The second-order valence-electron chi connectivity index (χ2n) is 6.40. The third kappa shape index (κ3) is 3.94. The molecule has 106 valence electrons. The highest BCUT2D eigenvalue weighted by Gasteiger charge is 2.33. The van der Waals surface area contributed by atoms with Crippen LogP contribution < -0.4 is 0 Å². The van der Waals surface area contributed by atoms with Crippen molar-refractivity contribution in [1.82, 2.24) is 4.90 Å². The molecule has 0 spiro atoms. The van der Waals surface area contributed by atoms with Gasteiger partial charge < -0.3 is 14.7 Å². The molecule has 0 aromatic rings. The van der Waals surface area contributed by atoms with Crippen LogP contribution in [0.4, 0.5) is 0 Å². The van der Waals surface area contributed by atoms with E-state index in [0.717, 1.165) is 19.7 Å². The van der Waals surface area contributed by atoms with E-state index in [1.807, 2.05) is 0 Å². The lowest BCUT2D eigenvalue weighted by Gasteiger charge is -2.39. The topological polar surface area (TPSA) is 32.7 Å². The number of likely N-dealkylation sites (N-methyl/N-ethyl adjacent to an activating group) is 1. The van der Waals surface area contributed by atoms with Gasteiger partial charge in [-0.05, 0) is 39.2 Å². The molecule has 2 rings (SSSR count). The van der Waals surface area contributed by atoms with Gasteiger partial charge in [0.25, 0.3) is 0 Å². The third-order valence-electron chi connectivity index (χ3n) is 4.64. The van der Waals surface area contributed by atoms with Gasteiger partial charge in [-0.1, -0.05) is 19.3 Å². The van der Waals surface area contributed by atoms with Gasteiger partial charge >= 0.3 is 0 Å². The first-order valence-electron chi connectivity index (χ1n) is 7.65. The minimum atomic E-state index is 0.168. The van der Waals surface area contributed by atoms with Crippen molar-refractivity contribution >= 4 is 0 Å². The molecule has 0 radical (unpaired) electrons. The normalized spacial score (nSPS) is 28.5. The summed E-state index contributed by atoms with van der Waals surface area (Å²) in [6, 6.07) is 0. The molecule has 0 bridgehead atoms. The fourth-order valence-electron chi connectivity index (χ4n) is 3.60. The van der Waals surface area contributed by atoms with Gasteiger partial charge in [0.15, 0.2) is 0 Å². The van der Waals surface area contributed by atoms with E-state index in [9.17, 15) is 5.11 Å². The maximum absolute atomic E-state index is 9.74. The second-order valence-corrected chi connectivity index (χ2v) is 6.40. The molecule has 1 saturated heterocycles. The van der Waals surface area contributed by atoms with E-state index in [2.05, 4.69) is 11.9 Å². The van der Waals surface area contributed by atoms with Gasteiger partial charge in [-0.2, -0.15) is 0 Å². The lowest BCUT2D eigenvalue weighted by molar-refractivity contribution is -0.0178. The van der Waals surface area contributed by atoms with Crippen molar-refractivity contribution in [3.05, 3.63) is 0 Å². The van der Waals surface area contributed by atoms with E-state index < -0.39 is 0 Å². The predicted octanol–water partition coefficient (Wildman–Crippen LogP) is 2.43. The standard InChI is InChI=1S/C15H29NO2/c1-16(11-14-7-3-6-10-18-14)12-15(13-17)8-4-2-5-9-15/h14,17H,2-13H2,1H3. The molecule has 2 fully saturated rings. The van der Waals surface area contributed by atoms with Gasteiger partial charge in [-0.25, -0.2) is 0 Å². The maximum atomic E-state index is 9.74. The first kappa shape index (κ1) is 14.3. The number of aliphatic hydroxyl groups is 1. The molecule has 1 aliphatic carbocycles. The van der Waals surface area contributed by atoms with Crippen LogP contribution in [0.1, 0.15) is 51.4 Å². The van der Waals surface area contributed by atoms with E-state index in [4.69, 9.17) is 4.74 Å². The summed E-state index contributed by atoms with van der Waals surface area (Å²) in [7, 11) is 2.18. The van der Waals surface area contributed by atoms with Crippen LogP contribution in [0.25, 0.3) is 0 Å². The fourth-order valence-corrected chi connectivity index (χ4v) is 3.60. The van der Waals surface area contributed by atoms with Crippen LogP contribution in [0.3, 0.4) is 0 Å². The van der Waals surface area contributed by atoms with E-state index >= 15 is 0 Å². The number of hydrogen-bond donors (Lipinski definition) is 1. The zero-order chi connectivity index (χ0) is 12.8. The predicted molar refractivity (Wildman–Crippen MR) is 73.7 cm³/mol. The third-order valence-corrected chi connectivity index (χ3v) is 4.64. The Balaban J connectivity index is 1.78. The van der Waals surface area contributed by atoms with E-state index in [0.29, 0.717) is 12.7 Å². The van der Waals surface area contributed by atoms with Crippen LogP contribution in [-0.2, 0) is 4.74 Å². The molecule has 1 atom stereocenters. The molecule has 18 heavy (non-hydrogen) atoms. The molecular weight excluding hydrogens is 226 g/mol. The molecule has 0 amide bonds. The highest BCUT2D eigenvalue weighted by Crippen LogP contribution is 2.36. The summed E-state index contributed by atoms with van der Waals surface area (Å²) in [4.78, 5) is 2.39. The van der Waals surface area contributed by atoms with Gasteiger partial charge in [0.1, 0.15) is 0 Å². The van der Waals surface area contributed by atoms with Crippen LogP contribution in [-0.4, -0.2) is 49.5 Å². The smallest absolute Gasteiger partial charge is 0.0701 e. The summed E-state index contributed by atoms with van der Waals surface area (Å²) in [6.07, 6.45) is 10.5. The second kappa shape index (κ2) is 6.88. The zero-order valence-electron chi connectivity index (χ0n) is 11.9. The number of ether oxygens (including phenoxy) is 1. The fraction of sp³-hybridized carbons (Fsp3) is 1.00. The number of hydrogen-bond acceptors (Lipinski definition) is 3. The van der Waals surface area contributed by atoms with Crippen molar-refractivity contribution in [2.24, 2.45) is 5.41 Å². The molecule has 1 saturated carbocycles. The summed E-state index contributed by atoms with van der Waals surface area (Å²) >= 11 is 0. The molecule has 0 aromatic carbocycles. The maximum Gasteiger partial charge on any atom is 0.0701 e. The monoisotopic (exact) mass is 255 g/mol. The van der Waals surface area contributed by atoms with E-state index in [1.54, 1.807) is 0 Å². The molecule has 1 N–H and O–H groups in total. The minimum absolute atomic E-state index is 0.168. The Morgan fingerprint density at radius 2 is 1.94 bits per heavy atom. The van der Waals surface area contributed by atoms with Gasteiger partial charge in [0.05, 0.1) is 6.10 Å². The summed E-state index contributed by atoms with van der Waals surface area (Å²) in [5, 5.41) is 9.74. The molecule has 3 nitrogen and oxygen atoms in total. The molecule has 1 unspecified atom stereocenters. The van der Waals surface area contributed by atoms with Gasteiger partial charge in [0.2, 0.25) is 0 Å². The lowest BCUT2D eigenvalue weighted by atomic mass is 9.74. The molecule has 1 heterocycles. The minimum Gasteiger partial charge on any atom is -0.396 e. The Bertz CT molecular complexity index is 233. The number of rotatable bonds is 5. The van der Waals surface area contributed by atoms with Crippen LogP contribution in [0, 0.1) is 5.41 Å². The van der Waals surface area contributed by atoms with Crippen molar-refractivity contribution in [2.75, 3.05) is 33.4 Å². The van der Waals surface area contributed by atoms with Crippen molar-refractivity contribution in [1.29, 1.82) is 0 Å². The Hall–Kier alpha value is -0.120. The summed E-state index contributed by atoms with van der Waals surface area (Å²) in [5.74, 6) is 0. The lowest BCUT2D eigenvalue weighted by Crippen LogP contribution is -2.43. The highest BCUT2D eigenvalue weighted by molar-refractivity contribution is 4.85. The van der Waals surface area contributed by atoms with Crippen molar-refractivity contribution in [2.45, 2.75) is 57.5 Å². The number of nitrogens with zero attached hydrogens (tertiary/aromatic N) is 1. The molecule has 0 aromatic heterocycles. The average molecular weight is 255 g/mol. The quantitative estimate of drug-likeness (QED) is 0.819. The van der Waals surface area contributed by atoms with Gasteiger partial charge in [-0.3, -0.25) is 0 Å². The van der Waals surface area contributed by atoms with Crippen molar-refractivity contribution in [3.8, 4) is 0 Å². The first-order valence-corrected chi connectivity index (χ1v) is 7.65. The van der Waals surface area contributed by atoms with Gasteiger partial charge in [0, 0.05) is 31.7 Å². The SMILES string of the molecule is CN(CC1CCCCO1)CC1(CO)CCCCC1. The Morgan fingerprint density at radius 3 is 2.56 bits per heavy atom. The Morgan fingerprint density at radius 1 is 1.17 bits per heavy atom. The molecule has 1 aliphatic heterocycles. The Labute approximate surface area is 112 Å². The molecule has 2 aliphatic rings. The van der Waals surface area contributed by atoms with Crippen LogP contribution in [0.15, 0.2) is 0 Å².